The van der Waals surface area contributed by atoms with Crippen LogP contribution in [-0.4, -0.2) is 25.2 Å². The molecule has 27 heavy (non-hydrogen) atoms. The molecule has 0 spiro atoms. The van der Waals surface area contributed by atoms with Gasteiger partial charge in [0.05, 0.1) is 13.2 Å². The number of hydrogen-bond acceptors (Lipinski definition) is 4. The van der Waals surface area contributed by atoms with Crippen LogP contribution in [0.1, 0.15) is 32.1 Å². The zero-order chi connectivity index (χ0) is 19.8. The number of rotatable bonds is 6. The normalized spacial score (nSPS) is 27.5. The molecule has 0 aromatic heterocycles. The summed E-state index contributed by atoms with van der Waals surface area (Å²) in [7, 11) is 0. The molecule has 1 saturated carbocycles. The van der Waals surface area contributed by atoms with E-state index in [4.69, 9.17) is 9.47 Å². The second-order valence-electron chi connectivity index (χ2n) is 7.20. The van der Waals surface area contributed by atoms with Crippen molar-refractivity contribution < 1.29 is 27.8 Å². The third kappa shape index (κ3) is 6.77. The van der Waals surface area contributed by atoms with E-state index >= 15 is 0 Å². The van der Waals surface area contributed by atoms with Crippen LogP contribution in [0.25, 0.3) is 0 Å². The standard InChI is InChI=1S/C11H13FO2.C10H13FO2/c1-7(12)11(13)14-6-10-5-8-2-3-9(10)4-8;1-8(11)10(12)13-7-9-5-3-2-4-6-9/h2-3,8-10H,1,4-6H2;2-3,9H,1,4-7H2. The van der Waals surface area contributed by atoms with E-state index in [2.05, 4.69) is 37.5 Å². The lowest BCUT2D eigenvalue weighted by molar-refractivity contribution is -0.143. The molecular formula is C21H26F2O4. The summed E-state index contributed by atoms with van der Waals surface area (Å²) in [4.78, 5) is 21.5. The lowest BCUT2D eigenvalue weighted by atomic mass is 9.95. The second-order valence-corrected chi connectivity index (χ2v) is 7.20. The average Bonchev–Trinajstić information content (AvgIpc) is 3.28. The Kier molecular flexibility index (Phi) is 7.95. The molecule has 148 valence electrons. The van der Waals surface area contributed by atoms with E-state index in [9.17, 15) is 18.4 Å². The van der Waals surface area contributed by atoms with Crippen molar-refractivity contribution in [2.24, 2.45) is 23.7 Å². The van der Waals surface area contributed by atoms with Crippen molar-refractivity contribution in [1.29, 1.82) is 0 Å². The Morgan fingerprint density at radius 2 is 1.63 bits per heavy atom. The van der Waals surface area contributed by atoms with Gasteiger partial charge in [-0.3, -0.25) is 0 Å². The molecule has 2 bridgehead atoms. The topological polar surface area (TPSA) is 52.6 Å². The fraction of sp³-hybridized carbons (Fsp3) is 0.524. The van der Waals surface area contributed by atoms with E-state index in [0.717, 1.165) is 25.7 Å². The first-order valence-corrected chi connectivity index (χ1v) is 9.23. The predicted octanol–water partition coefficient (Wildman–Crippen LogP) is 4.59. The molecule has 0 N–H and O–H groups in total. The van der Waals surface area contributed by atoms with Gasteiger partial charge in [0.25, 0.3) is 0 Å². The Balaban J connectivity index is 0.000000194. The maximum absolute atomic E-state index is 12.3. The maximum atomic E-state index is 12.3. The first-order chi connectivity index (χ1) is 12.9. The molecule has 3 aliphatic carbocycles. The minimum atomic E-state index is -1.02. The van der Waals surface area contributed by atoms with Crippen LogP contribution in [0.15, 0.2) is 49.1 Å². The van der Waals surface area contributed by atoms with Gasteiger partial charge < -0.3 is 9.47 Å². The minimum Gasteiger partial charge on any atom is -0.460 e. The van der Waals surface area contributed by atoms with Gasteiger partial charge in [-0.2, -0.15) is 8.78 Å². The van der Waals surface area contributed by atoms with Crippen LogP contribution in [0.3, 0.4) is 0 Å². The molecule has 0 aromatic rings. The number of allylic oxidation sites excluding steroid dienone is 4. The van der Waals surface area contributed by atoms with Gasteiger partial charge in [0.2, 0.25) is 11.7 Å². The lowest BCUT2D eigenvalue weighted by Crippen LogP contribution is -2.17. The van der Waals surface area contributed by atoms with Crippen LogP contribution in [0.2, 0.25) is 0 Å². The van der Waals surface area contributed by atoms with Crippen LogP contribution in [0.5, 0.6) is 0 Å². The van der Waals surface area contributed by atoms with Crippen molar-refractivity contribution in [3.05, 3.63) is 49.1 Å². The Labute approximate surface area is 158 Å². The van der Waals surface area contributed by atoms with Gasteiger partial charge in [-0.15, -0.1) is 0 Å². The van der Waals surface area contributed by atoms with Crippen LogP contribution in [0.4, 0.5) is 8.78 Å². The highest BCUT2D eigenvalue weighted by Crippen LogP contribution is 2.43. The molecule has 4 unspecified atom stereocenters. The minimum absolute atomic E-state index is 0.298. The quantitative estimate of drug-likeness (QED) is 0.384. The predicted molar refractivity (Wildman–Crippen MR) is 97.7 cm³/mol. The molecule has 0 aliphatic heterocycles. The van der Waals surface area contributed by atoms with Gasteiger partial charge >= 0.3 is 11.9 Å². The highest BCUT2D eigenvalue weighted by Gasteiger charge is 2.36. The zero-order valence-corrected chi connectivity index (χ0v) is 15.4. The van der Waals surface area contributed by atoms with Crippen molar-refractivity contribution >= 4 is 11.9 Å². The molecule has 4 nitrogen and oxygen atoms in total. The monoisotopic (exact) mass is 380 g/mol. The number of carbonyl (C=O) groups is 2. The molecule has 0 amide bonds. The van der Waals surface area contributed by atoms with Crippen molar-refractivity contribution in [1.82, 2.24) is 0 Å². The van der Waals surface area contributed by atoms with Crippen molar-refractivity contribution in [2.45, 2.75) is 32.1 Å². The Bertz CT molecular complexity index is 638. The SMILES string of the molecule is C=C(F)C(=O)OCC1CC2C=CC1C2.C=C(F)C(=O)OCC1CC=CCC1. The average molecular weight is 380 g/mol. The third-order valence-electron chi connectivity index (χ3n) is 5.12. The molecule has 4 atom stereocenters. The van der Waals surface area contributed by atoms with Gasteiger partial charge in [0, 0.05) is 0 Å². The van der Waals surface area contributed by atoms with Crippen molar-refractivity contribution in [3.8, 4) is 0 Å². The summed E-state index contributed by atoms with van der Waals surface area (Å²) in [6, 6.07) is 0. The number of halogens is 2. The number of ether oxygens (including phenoxy) is 2. The largest absolute Gasteiger partial charge is 0.460 e. The van der Waals surface area contributed by atoms with Gasteiger partial charge in [-0.1, -0.05) is 37.5 Å². The van der Waals surface area contributed by atoms with Gasteiger partial charge in [0.15, 0.2) is 0 Å². The number of fused-ring (bicyclic) bond motifs is 2. The third-order valence-corrected chi connectivity index (χ3v) is 5.12. The van der Waals surface area contributed by atoms with Crippen LogP contribution >= 0.6 is 0 Å². The van der Waals surface area contributed by atoms with Gasteiger partial charge in [0.1, 0.15) is 0 Å². The Morgan fingerprint density at radius 3 is 2.11 bits per heavy atom. The number of carbonyl (C=O) groups excluding carboxylic acids is 2. The molecule has 0 aromatic carbocycles. The van der Waals surface area contributed by atoms with E-state index in [-0.39, 0.29) is 0 Å². The molecule has 3 rings (SSSR count). The van der Waals surface area contributed by atoms with Crippen LogP contribution in [0, 0.1) is 23.7 Å². The summed E-state index contributed by atoms with van der Waals surface area (Å²) in [5, 5.41) is 0. The molecule has 0 saturated heterocycles. The smallest absolute Gasteiger partial charge is 0.366 e. The van der Waals surface area contributed by atoms with E-state index in [1.165, 1.54) is 6.42 Å². The van der Waals surface area contributed by atoms with E-state index < -0.39 is 23.6 Å². The van der Waals surface area contributed by atoms with Crippen LogP contribution < -0.4 is 0 Å². The van der Waals surface area contributed by atoms with Crippen LogP contribution in [-0.2, 0) is 19.1 Å². The molecule has 6 heteroatoms. The molecule has 1 fully saturated rings. The first kappa shape index (κ1) is 21.1. The summed E-state index contributed by atoms with van der Waals surface area (Å²) in [5.41, 5.74) is 0. The number of hydrogen-bond donors (Lipinski definition) is 0. The highest BCUT2D eigenvalue weighted by atomic mass is 19.1. The fourth-order valence-electron chi connectivity index (χ4n) is 3.63. The first-order valence-electron chi connectivity index (χ1n) is 9.23. The summed E-state index contributed by atoms with van der Waals surface area (Å²) in [6.07, 6.45) is 13.7. The summed E-state index contributed by atoms with van der Waals surface area (Å²) >= 11 is 0. The summed E-state index contributed by atoms with van der Waals surface area (Å²) in [5.74, 6) is -1.99. The van der Waals surface area contributed by atoms with Gasteiger partial charge in [-0.05, 0) is 55.8 Å². The maximum Gasteiger partial charge on any atom is 0.366 e. The fourth-order valence-corrected chi connectivity index (χ4v) is 3.63. The van der Waals surface area contributed by atoms with Crippen molar-refractivity contribution in [3.63, 3.8) is 0 Å². The Morgan fingerprint density at radius 1 is 0.963 bits per heavy atom. The summed E-state index contributed by atoms with van der Waals surface area (Å²) in [6.45, 7) is 6.38. The lowest BCUT2D eigenvalue weighted by Gasteiger charge is -2.17. The molecule has 0 heterocycles. The Hall–Kier alpha value is -2.24. The zero-order valence-electron chi connectivity index (χ0n) is 15.4. The molecule has 0 radical (unpaired) electrons. The van der Waals surface area contributed by atoms with E-state index in [1.54, 1.807) is 0 Å². The van der Waals surface area contributed by atoms with Crippen molar-refractivity contribution in [2.75, 3.05) is 13.2 Å². The highest BCUT2D eigenvalue weighted by molar-refractivity contribution is 5.85. The van der Waals surface area contributed by atoms with E-state index in [1.807, 2.05) is 0 Å². The van der Waals surface area contributed by atoms with E-state index in [0.29, 0.717) is 36.9 Å². The summed E-state index contributed by atoms with van der Waals surface area (Å²) < 4.78 is 33.9. The van der Waals surface area contributed by atoms with Gasteiger partial charge in [-0.25, -0.2) is 9.59 Å². The second kappa shape index (κ2) is 10.2. The number of esters is 2. The molecule has 3 aliphatic rings. The molecular weight excluding hydrogens is 354 g/mol.